The highest BCUT2D eigenvalue weighted by molar-refractivity contribution is 6.60. The first kappa shape index (κ1) is 19.2. The Hall–Kier alpha value is -0.843. The number of hydroxylamine groups is 2. The van der Waals surface area contributed by atoms with Gasteiger partial charge < -0.3 is 19.0 Å². The van der Waals surface area contributed by atoms with E-state index >= 15 is 0 Å². The lowest BCUT2D eigenvalue weighted by Crippen LogP contribution is -2.50. The molecule has 2 unspecified atom stereocenters. The van der Waals surface area contributed by atoms with Crippen LogP contribution in [0, 0.1) is 5.92 Å². The Labute approximate surface area is 131 Å². The van der Waals surface area contributed by atoms with Gasteiger partial charge in [-0.05, 0) is 33.7 Å². The summed E-state index contributed by atoms with van der Waals surface area (Å²) >= 11 is 0. The summed E-state index contributed by atoms with van der Waals surface area (Å²) < 4.78 is 17.5. The van der Waals surface area contributed by atoms with E-state index in [1.807, 2.05) is 13.8 Å². The summed E-state index contributed by atoms with van der Waals surface area (Å²) in [7, 11) is -2.96. The van der Waals surface area contributed by atoms with Gasteiger partial charge in [0, 0.05) is 25.7 Å². The van der Waals surface area contributed by atoms with Crippen molar-refractivity contribution in [3.8, 4) is 0 Å². The Morgan fingerprint density at radius 3 is 2.36 bits per heavy atom. The maximum absolute atomic E-state index is 11.9. The molecule has 0 bridgehead atoms. The third-order valence-electron chi connectivity index (χ3n) is 3.50. The first-order valence-corrected chi connectivity index (χ1v) is 9.55. The molecule has 2 amide bonds. The molecule has 3 N–H and O–H groups in total. The SMILES string of the molecule is CCO[Si](CCCN)(OCC)OC(C)C1CC(=O)N(O)C1=O. The fourth-order valence-corrected chi connectivity index (χ4v) is 5.32. The van der Waals surface area contributed by atoms with Crippen LogP contribution in [0.1, 0.15) is 33.6 Å². The first-order chi connectivity index (χ1) is 10.4. The number of carbonyl (C=O) groups is 2. The van der Waals surface area contributed by atoms with Crippen molar-refractivity contribution in [2.75, 3.05) is 19.8 Å². The average molecular weight is 334 g/mol. The van der Waals surface area contributed by atoms with Crippen LogP contribution >= 0.6 is 0 Å². The van der Waals surface area contributed by atoms with Crippen LogP contribution in [0.2, 0.25) is 6.04 Å². The van der Waals surface area contributed by atoms with Crippen molar-refractivity contribution in [1.29, 1.82) is 0 Å². The van der Waals surface area contributed by atoms with Gasteiger partial charge in [-0.3, -0.25) is 14.8 Å². The summed E-state index contributed by atoms with van der Waals surface area (Å²) in [5.41, 5.74) is 5.56. The molecule has 0 aromatic carbocycles. The van der Waals surface area contributed by atoms with Crippen LogP contribution in [0.3, 0.4) is 0 Å². The van der Waals surface area contributed by atoms with E-state index in [0.717, 1.165) is 0 Å². The van der Waals surface area contributed by atoms with E-state index in [2.05, 4.69) is 0 Å². The highest BCUT2D eigenvalue weighted by atomic mass is 28.4. The molecule has 0 radical (unpaired) electrons. The molecule has 22 heavy (non-hydrogen) atoms. The number of hydrogen-bond acceptors (Lipinski definition) is 7. The molecule has 1 fully saturated rings. The maximum atomic E-state index is 11.9. The summed E-state index contributed by atoms with van der Waals surface area (Å²) in [5, 5.41) is 9.50. The molecule has 0 aromatic rings. The molecule has 1 rings (SSSR count). The van der Waals surface area contributed by atoms with Crippen LogP contribution in [-0.2, 0) is 22.9 Å². The molecule has 1 aliphatic heterocycles. The molecule has 1 heterocycles. The normalized spacial score (nSPS) is 20.8. The number of amides is 2. The fraction of sp³-hybridized carbons (Fsp3) is 0.846. The van der Waals surface area contributed by atoms with E-state index in [1.165, 1.54) is 0 Å². The van der Waals surface area contributed by atoms with Gasteiger partial charge in [0.2, 0.25) is 0 Å². The molecule has 0 aromatic heterocycles. The topological polar surface area (TPSA) is 111 Å². The van der Waals surface area contributed by atoms with Crippen LogP contribution in [0.15, 0.2) is 0 Å². The molecule has 1 aliphatic rings. The number of rotatable bonds is 10. The lowest BCUT2D eigenvalue weighted by Gasteiger charge is -2.33. The van der Waals surface area contributed by atoms with Gasteiger partial charge in [0.1, 0.15) is 0 Å². The van der Waals surface area contributed by atoms with Crippen molar-refractivity contribution in [3.63, 3.8) is 0 Å². The number of hydrogen-bond donors (Lipinski definition) is 2. The number of imide groups is 1. The summed E-state index contributed by atoms with van der Waals surface area (Å²) in [5.74, 6) is -1.98. The summed E-state index contributed by atoms with van der Waals surface area (Å²) in [6, 6.07) is 0.549. The largest absolute Gasteiger partial charge is 0.501 e. The molecule has 8 nitrogen and oxygen atoms in total. The predicted molar refractivity (Wildman–Crippen MR) is 79.8 cm³/mol. The van der Waals surface area contributed by atoms with Crippen molar-refractivity contribution in [1.82, 2.24) is 5.06 Å². The number of carbonyl (C=O) groups excluding carboxylic acids is 2. The van der Waals surface area contributed by atoms with Gasteiger partial charge >= 0.3 is 8.80 Å². The van der Waals surface area contributed by atoms with E-state index in [1.54, 1.807) is 6.92 Å². The highest BCUT2D eigenvalue weighted by Crippen LogP contribution is 2.28. The van der Waals surface area contributed by atoms with Crippen LogP contribution < -0.4 is 5.73 Å². The Kier molecular flexibility index (Phi) is 7.60. The van der Waals surface area contributed by atoms with Gasteiger partial charge in [-0.2, -0.15) is 5.06 Å². The zero-order valence-electron chi connectivity index (χ0n) is 13.4. The van der Waals surface area contributed by atoms with Gasteiger partial charge in [0.15, 0.2) is 0 Å². The minimum atomic E-state index is -2.96. The molecule has 0 spiro atoms. The zero-order chi connectivity index (χ0) is 16.8. The molecular weight excluding hydrogens is 308 g/mol. The van der Waals surface area contributed by atoms with E-state index in [4.69, 9.17) is 19.0 Å². The van der Waals surface area contributed by atoms with Crippen LogP contribution in [0.4, 0.5) is 0 Å². The standard InChI is InChI=1S/C13H26N2O6Si/c1-4-19-22(20-5-2,8-6-7-14)21-10(3)11-9-12(16)15(18)13(11)17/h10-11,18H,4-9,14H2,1-3H3. The second-order valence-corrected chi connectivity index (χ2v) is 7.80. The van der Waals surface area contributed by atoms with Gasteiger partial charge in [-0.25, -0.2) is 0 Å². The Bertz CT molecular complexity index is 389. The Morgan fingerprint density at radius 2 is 1.95 bits per heavy atom. The molecule has 1 saturated heterocycles. The van der Waals surface area contributed by atoms with E-state index in [-0.39, 0.29) is 11.5 Å². The minimum Gasteiger partial charge on any atom is -0.374 e. The van der Waals surface area contributed by atoms with Gasteiger partial charge in [-0.15, -0.1) is 0 Å². The highest BCUT2D eigenvalue weighted by Gasteiger charge is 2.47. The third kappa shape index (κ3) is 4.57. The Balaban J connectivity index is 2.82. The van der Waals surface area contributed by atoms with E-state index in [0.29, 0.717) is 32.2 Å². The van der Waals surface area contributed by atoms with Gasteiger partial charge in [0.05, 0.1) is 12.0 Å². The summed E-state index contributed by atoms with van der Waals surface area (Å²) in [6.45, 7) is 6.71. The molecule has 128 valence electrons. The monoisotopic (exact) mass is 334 g/mol. The Morgan fingerprint density at radius 1 is 1.36 bits per heavy atom. The second kappa shape index (κ2) is 8.70. The zero-order valence-corrected chi connectivity index (χ0v) is 14.4. The molecular formula is C13H26N2O6Si. The summed E-state index contributed by atoms with van der Waals surface area (Å²) in [6.07, 6.45) is 0.0229. The average Bonchev–Trinajstić information content (AvgIpc) is 2.73. The molecule has 9 heteroatoms. The second-order valence-electron chi connectivity index (χ2n) is 5.12. The van der Waals surface area contributed by atoms with Gasteiger partial charge in [-0.1, -0.05) is 0 Å². The van der Waals surface area contributed by atoms with Crippen LogP contribution in [0.25, 0.3) is 0 Å². The number of nitrogens with two attached hydrogens (primary N) is 1. The minimum absolute atomic E-state index is 0.0733. The van der Waals surface area contributed by atoms with Crippen molar-refractivity contribution in [2.45, 2.75) is 45.8 Å². The fourth-order valence-electron chi connectivity index (χ4n) is 2.45. The first-order valence-electron chi connectivity index (χ1n) is 7.62. The van der Waals surface area contributed by atoms with Crippen molar-refractivity contribution in [2.24, 2.45) is 11.7 Å². The lowest BCUT2D eigenvalue weighted by atomic mass is 10.0. The van der Waals surface area contributed by atoms with E-state index in [9.17, 15) is 14.8 Å². The van der Waals surface area contributed by atoms with Crippen LogP contribution in [0.5, 0.6) is 0 Å². The quantitative estimate of drug-likeness (QED) is 0.340. The smallest absolute Gasteiger partial charge is 0.374 e. The van der Waals surface area contributed by atoms with E-state index < -0.39 is 32.6 Å². The van der Waals surface area contributed by atoms with Crippen LogP contribution in [-0.4, -0.2) is 56.8 Å². The summed E-state index contributed by atoms with van der Waals surface area (Å²) in [4.78, 5) is 23.3. The molecule has 0 saturated carbocycles. The maximum Gasteiger partial charge on any atom is 0.501 e. The van der Waals surface area contributed by atoms with Crippen molar-refractivity contribution < 1.29 is 28.1 Å². The lowest BCUT2D eigenvalue weighted by molar-refractivity contribution is -0.173. The van der Waals surface area contributed by atoms with Gasteiger partial charge in [0.25, 0.3) is 11.8 Å². The molecule has 2 atom stereocenters. The number of nitrogens with zero attached hydrogens (tertiary/aromatic N) is 1. The van der Waals surface area contributed by atoms with Crippen molar-refractivity contribution >= 4 is 20.6 Å². The molecule has 0 aliphatic carbocycles. The predicted octanol–water partition coefficient (Wildman–Crippen LogP) is 0.517. The van der Waals surface area contributed by atoms with Crippen molar-refractivity contribution in [3.05, 3.63) is 0 Å². The third-order valence-corrected chi connectivity index (χ3v) is 6.66.